The molecule has 2 fully saturated rings. The van der Waals surface area contributed by atoms with Crippen LogP contribution in [0.3, 0.4) is 0 Å². The van der Waals surface area contributed by atoms with Gasteiger partial charge in [0.25, 0.3) is 0 Å². The van der Waals surface area contributed by atoms with E-state index in [0.717, 1.165) is 17.7 Å². The van der Waals surface area contributed by atoms with Crippen LogP contribution in [0.4, 0.5) is 10.5 Å². The van der Waals surface area contributed by atoms with Crippen molar-refractivity contribution in [2.24, 2.45) is 0 Å². The zero-order valence-electron chi connectivity index (χ0n) is 18.5. The molecule has 164 valence electrons. The molecule has 2 saturated heterocycles. The summed E-state index contributed by atoms with van der Waals surface area (Å²) in [6.07, 6.45) is 2.47. The number of amides is 3. The van der Waals surface area contributed by atoms with E-state index in [9.17, 15) is 9.59 Å². The van der Waals surface area contributed by atoms with Crippen molar-refractivity contribution < 1.29 is 14.3 Å². The fourth-order valence-corrected chi connectivity index (χ4v) is 4.02. The number of rotatable bonds is 6. The summed E-state index contributed by atoms with van der Waals surface area (Å²) >= 11 is 0. The number of benzene rings is 1. The topological polar surface area (TPSA) is 66.0 Å². The summed E-state index contributed by atoms with van der Waals surface area (Å²) in [5.41, 5.74) is 3.20. The molecule has 3 amide bonds. The Kier molecular flexibility index (Phi) is 6.11. The second kappa shape index (κ2) is 8.96. The van der Waals surface area contributed by atoms with Crippen molar-refractivity contribution >= 4 is 17.6 Å². The van der Waals surface area contributed by atoms with Crippen LogP contribution in [0.15, 0.2) is 42.6 Å². The lowest BCUT2D eigenvalue weighted by atomic mass is 10.0. The molecule has 0 bridgehead atoms. The third-order valence-electron chi connectivity index (χ3n) is 5.96. The Morgan fingerprint density at radius 3 is 2.58 bits per heavy atom. The van der Waals surface area contributed by atoms with Gasteiger partial charge in [-0.2, -0.15) is 0 Å². The molecule has 4 rings (SSSR count). The molecule has 0 N–H and O–H groups in total. The monoisotopic (exact) mass is 422 g/mol. The molecule has 0 saturated carbocycles. The second-order valence-electron chi connectivity index (χ2n) is 8.64. The third-order valence-corrected chi connectivity index (χ3v) is 5.96. The molecule has 1 aromatic carbocycles. The Hall–Kier alpha value is -3.09. The lowest BCUT2D eigenvalue weighted by Gasteiger charge is -2.22. The van der Waals surface area contributed by atoms with Crippen LogP contribution >= 0.6 is 0 Å². The number of aromatic nitrogens is 1. The molecule has 0 radical (unpaired) electrons. The maximum absolute atomic E-state index is 12.9. The Bertz CT molecular complexity index is 927. The number of hydrogen-bond acceptors (Lipinski definition) is 4. The second-order valence-corrected chi connectivity index (χ2v) is 8.64. The molecule has 0 spiro atoms. The predicted octanol–water partition coefficient (Wildman–Crippen LogP) is 3.44. The number of carbonyl (C=O) groups excluding carboxylic acids is 2. The number of nitrogens with zero attached hydrogens (tertiary/aromatic N) is 4. The first kappa shape index (κ1) is 21.2. The van der Waals surface area contributed by atoms with Crippen LogP contribution < -0.4 is 9.64 Å². The average molecular weight is 423 g/mol. The van der Waals surface area contributed by atoms with E-state index in [4.69, 9.17) is 4.74 Å². The van der Waals surface area contributed by atoms with Gasteiger partial charge in [-0.05, 0) is 36.1 Å². The van der Waals surface area contributed by atoms with Crippen molar-refractivity contribution in [3.05, 3.63) is 53.7 Å². The maximum atomic E-state index is 12.9. The lowest BCUT2D eigenvalue weighted by molar-refractivity contribution is -0.130. The molecule has 0 aliphatic carbocycles. The van der Waals surface area contributed by atoms with Crippen LogP contribution in [-0.4, -0.2) is 65.5 Å². The SMILES string of the molecule is Cc1ccc(OC2CCN(C(=O)CN3CCN(c4ccc(C(C)C)cc4)C3=O)C2)nc1. The average Bonchev–Trinajstić information content (AvgIpc) is 3.37. The van der Waals surface area contributed by atoms with Crippen molar-refractivity contribution in [2.45, 2.75) is 39.2 Å². The number of ether oxygens (including phenoxy) is 1. The highest BCUT2D eigenvalue weighted by Gasteiger charge is 2.34. The number of anilines is 1. The Balaban J connectivity index is 1.30. The minimum atomic E-state index is -0.110. The van der Waals surface area contributed by atoms with E-state index in [-0.39, 0.29) is 24.6 Å². The maximum Gasteiger partial charge on any atom is 0.325 e. The van der Waals surface area contributed by atoms with Crippen LogP contribution in [0.2, 0.25) is 0 Å². The van der Waals surface area contributed by atoms with E-state index in [1.54, 1.807) is 20.9 Å². The Morgan fingerprint density at radius 2 is 1.90 bits per heavy atom. The molecule has 1 aromatic heterocycles. The smallest absolute Gasteiger partial charge is 0.325 e. The van der Waals surface area contributed by atoms with Crippen LogP contribution in [-0.2, 0) is 4.79 Å². The summed E-state index contributed by atoms with van der Waals surface area (Å²) in [5, 5.41) is 0. The zero-order valence-corrected chi connectivity index (χ0v) is 18.5. The highest BCUT2D eigenvalue weighted by Crippen LogP contribution is 2.24. The summed E-state index contributed by atoms with van der Waals surface area (Å²) in [7, 11) is 0. The van der Waals surface area contributed by atoms with Crippen LogP contribution in [0.5, 0.6) is 5.88 Å². The van der Waals surface area contributed by atoms with E-state index in [2.05, 4.69) is 31.0 Å². The van der Waals surface area contributed by atoms with E-state index >= 15 is 0 Å². The highest BCUT2D eigenvalue weighted by atomic mass is 16.5. The molecule has 31 heavy (non-hydrogen) atoms. The molecule has 2 aromatic rings. The first-order chi connectivity index (χ1) is 14.9. The van der Waals surface area contributed by atoms with Crippen molar-refractivity contribution in [2.75, 3.05) is 37.6 Å². The molecule has 7 nitrogen and oxygen atoms in total. The van der Waals surface area contributed by atoms with Crippen LogP contribution in [0.1, 0.15) is 37.3 Å². The number of aryl methyl sites for hydroxylation is 1. The van der Waals surface area contributed by atoms with Gasteiger partial charge in [0.2, 0.25) is 11.8 Å². The molecular formula is C24H30N4O3. The van der Waals surface area contributed by atoms with Crippen LogP contribution in [0.25, 0.3) is 0 Å². The van der Waals surface area contributed by atoms with E-state index in [0.29, 0.717) is 38.0 Å². The fourth-order valence-electron chi connectivity index (χ4n) is 4.02. The number of carbonyl (C=O) groups is 2. The molecule has 3 heterocycles. The standard InChI is InChI=1S/C24H30N4O3/c1-17(2)19-5-7-20(8-6-19)28-13-12-27(24(28)30)16-23(29)26-11-10-21(15-26)31-22-9-4-18(3)14-25-22/h4-9,14,17,21H,10-13,15-16H2,1-3H3. The van der Waals surface area contributed by atoms with Gasteiger partial charge in [-0.25, -0.2) is 9.78 Å². The third kappa shape index (κ3) is 4.81. The molecule has 2 aliphatic rings. The summed E-state index contributed by atoms with van der Waals surface area (Å²) in [6.45, 7) is 8.69. The highest BCUT2D eigenvalue weighted by molar-refractivity contribution is 5.96. The molecule has 1 unspecified atom stereocenters. The van der Waals surface area contributed by atoms with Gasteiger partial charge in [0, 0.05) is 44.0 Å². The van der Waals surface area contributed by atoms with Gasteiger partial charge in [-0.1, -0.05) is 32.0 Å². The first-order valence-corrected chi connectivity index (χ1v) is 10.9. The summed E-state index contributed by atoms with van der Waals surface area (Å²) < 4.78 is 5.91. The number of likely N-dealkylation sites (tertiary alicyclic amines) is 1. The molecular weight excluding hydrogens is 392 g/mol. The van der Waals surface area contributed by atoms with Gasteiger partial charge in [-0.3, -0.25) is 9.69 Å². The number of urea groups is 1. The Labute approximate surface area is 183 Å². The quantitative estimate of drug-likeness (QED) is 0.715. The predicted molar refractivity (Wildman–Crippen MR) is 119 cm³/mol. The molecule has 7 heteroatoms. The van der Waals surface area contributed by atoms with Gasteiger partial charge in [0.1, 0.15) is 12.6 Å². The number of hydrogen-bond donors (Lipinski definition) is 0. The zero-order chi connectivity index (χ0) is 22.0. The van der Waals surface area contributed by atoms with E-state index < -0.39 is 0 Å². The van der Waals surface area contributed by atoms with Gasteiger partial charge in [-0.15, -0.1) is 0 Å². The van der Waals surface area contributed by atoms with Crippen LogP contribution in [0, 0.1) is 6.92 Å². The van der Waals surface area contributed by atoms with E-state index in [1.165, 1.54) is 5.56 Å². The molecule has 1 atom stereocenters. The largest absolute Gasteiger partial charge is 0.472 e. The molecule has 2 aliphatic heterocycles. The fraction of sp³-hybridized carbons (Fsp3) is 0.458. The first-order valence-electron chi connectivity index (χ1n) is 10.9. The van der Waals surface area contributed by atoms with E-state index in [1.807, 2.05) is 31.2 Å². The van der Waals surface area contributed by atoms with Gasteiger partial charge >= 0.3 is 6.03 Å². The van der Waals surface area contributed by atoms with Gasteiger partial charge in [0.05, 0.1) is 6.54 Å². The van der Waals surface area contributed by atoms with Crippen molar-refractivity contribution in [1.29, 1.82) is 0 Å². The Morgan fingerprint density at radius 1 is 1.13 bits per heavy atom. The summed E-state index contributed by atoms with van der Waals surface area (Å²) in [4.78, 5) is 35.1. The number of pyridine rings is 1. The lowest BCUT2D eigenvalue weighted by Crippen LogP contribution is -2.42. The minimum Gasteiger partial charge on any atom is -0.472 e. The van der Waals surface area contributed by atoms with Crippen molar-refractivity contribution in [1.82, 2.24) is 14.8 Å². The summed E-state index contributed by atoms with van der Waals surface area (Å²) in [5.74, 6) is 1.000. The van der Waals surface area contributed by atoms with Crippen molar-refractivity contribution in [3.63, 3.8) is 0 Å². The van der Waals surface area contributed by atoms with Gasteiger partial charge in [0.15, 0.2) is 0 Å². The summed E-state index contributed by atoms with van der Waals surface area (Å²) in [6, 6.07) is 11.8. The minimum absolute atomic E-state index is 0.0340. The van der Waals surface area contributed by atoms with Crippen molar-refractivity contribution in [3.8, 4) is 5.88 Å². The van der Waals surface area contributed by atoms with Gasteiger partial charge < -0.3 is 14.5 Å². The normalized spacial score (nSPS) is 18.9.